The Bertz CT molecular complexity index is 321. The van der Waals surface area contributed by atoms with Gasteiger partial charge in [0, 0.05) is 18.8 Å². The number of hydrogen-bond donors (Lipinski definition) is 1. The zero-order chi connectivity index (χ0) is 10.5. The molecule has 1 fully saturated rings. The monoisotopic (exact) mass is 261 g/mol. The molecule has 1 aromatic heterocycles. The molecule has 1 aliphatic heterocycles. The molecule has 0 spiro atoms. The summed E-state index contributed by atoms with van der Waals surface area (Å²) >= 11 is 1.53. The second-order valence-electron chi connectivity index (χ2n) is 3.47. The molecular formula is C10H16ClN3OS. The number of halogens is 1. The van der Waals surface area contributed by atoms with Gasteiger partial charge in [0.05, 0.1) is 0 Å². The van der Waals surface area contributed by atoms with E-state index in [9.17, 15) is 0 Å². The number of thioether (sulfide) groups is 1. The molecule has 1 aliphatic rings. The normalized spacial score (nSPS) is 19.9. The van der Waals surface area contributed by atoms with E-state index in [1.54, 1.807) is 6.20 Å². The smallest absolute Gasteiger partial charge is 0.217 e. The molecule has 4 nitrogen and oxygen atoms in total. The maximum atomic E-state index is 5.77. The molecule has 1 N–H and O–H groups in total. The van der Waals surface area contributed by atoms with Crippen LogP contribution in [-0.2, 0) is 0 Å². The molecule has 0 aliphatic carbocycles. The van der Waals surface area contributed by atoms with Crippen LogP contribution in [0, 0.1) is 0 Å². The van der Waals surface area contributed by atoms with Gasteiger partial charge in [-0.1, -0.05) is 11.8 Å². The van der Waals surface area contributed by atoms with Crippen molar-refractivity contribution in [2.45, 2.75) is 24.1 Å². The van der Waals surface area contributed by atoms with Crippen molar-refractivity contribution in [1.29, 1.82) is 0 Å². The van der Waals surface area contributed by atoms with Crippen LogP contribution in [0.1, 0.15) is 12.8 Å². The van der Waals surface area contributed by atoms with Crippen molar-refractivity contribution in [2.75, 3.05) is 19.3 Å². The summed E-state index contributed by atoms with van der Waals surface area (Å²) in [7, 11) is 0. The van der Waals surface area contributed by atoms with E-state index in [1.807, 2.05) is 12.3 Å². The van der Waals surface area contributed by atoms with Crippen molar-refractivity contribution in [3.63, 3.8) is 0 Å². The van der Waals surface area contributed by atoms with E-state index >= 15 is 0 Å². The van der Waals surface area contributed by atoms with Gasteiger partial charge in [0.1, 0.15) is 6.10 Å². The van der Waals surface area contributed by atoms with Gasteiger partial charge in [0.2, 0.25) is 5.88 Å². The van der Waals surface area contributed by atoms with Crippen molar-refractivity contribution < 1.29 is 4.74 Å². The Morgan fingerprint density at radius 2 is 2.44 bits per heavy atom. The lowest BCUT2D eigenvalue weighted by atomic mass is 10.1. The van der Waals surface area contributed by atoms with Crippen LogP contribution < -0.4 is 10.1 Å². The SMILES string of the molecule is CSc1nccc(O[C@@H]2CCCNC2)n1.Cl. The molecule has 0 aromatic carbocycles. The second kappa shape index (κ2) is 6.93. The van der Waals surface area contributed by atoms with Crippen LogP contribution in [-0.4, -0.2) is 35.4 Å². The van der Waals surface area contributed by atoms with Crippen LogP contribution in [0.25, 0.3) is 0 Å². The van der Waals surface area contributed by atoms with E-state index in [0.717, 1.165) is 24.7 Å². The van der Waals surface area contributed by atoms with Gasteiger partial charge in [-0.25, -0.2) is 4.98 Å². The van der Waals surface area contributed by atoms with E-state index < -0.39 is 0 Å². The minimum absolute atomic E-state index is 0. The van der Waals surface area contributed by atoms with Gasteiger partial charge in [-0.15, -0.1) is 12.4 Å². The minimum atomic E-state index is 0. The highest BCUT2D eigenvalue weighted by Crippen LogP contribution is 2.15. The summed E-state index contributed by atoms with van der Waals surface area (Å²) in [6.07, 6.45) is 6.23. The number of hydrogen-bond acceptors (Lipinski definition) is 5. The van der Waals surface area contributed by atoms with Crippen molar-refractivity contribution >= 4 is 24.2 Å². The summed E-state index contributed by atoms with van der Waals surface area (Å²) in [6.45, 7) is 2.01. The third kappa shape index (κ3) is 3.81. The molecule has 0 unspecified atom stereocenters. The molecule has 0 radical (unpaired) electrons. The van der Waals surface area contributed by atoms with E-state index in [-0.39, 0.29) is 18.5 Å². The zero-order valence-electron chi connectivity index (χ0n) is 9.18. The summed E-state index contributed by atoms with van der Waals surface area (Å²) in [5, 5.41) is 4.07. The minimum Gasteiger partial charge on any atom is -0.473 e. The first-order chi connectivity index (χ1) is 7.38. The van der Waals surface area contributed by atoms with Crippen LogP contribution in [0.5, 0.6) is 5.88 Å². The highest BCUT2D eigenvalue weighted by molar-refractivity contribution is 7.98. The summed E-state index contributed by atoms with van der Waals surface area (Å²) < 4.78 is 5.77. The molecule has 1 saturated heterocycles. The Hall–Kier alpha value is -0.520. The average molecular weight is 262 g/mol. The average Bonchev–Trinajstić information content (AvgIpc) is 2.31. The van der Waals surface area contributed by atoms with Gasteiger partial charge in [0.15, 0.2) is 5.16 Å². The largest absolute Gasteiger partial charge is 0.473 e. The predicted molar refractivity (Wildman–Crippen MR) is 67.6 cm³/mol. The summed E-state index contributed by atoms with van der Waals surface area (Å²) in [6, 6.07) is 1.81. The summed E-state index contributed by atoms with van der Waals surface area (Å²) in [5.41, 5.74) is 0. The van der Waals surface area contributed by atoms with E-state index in [0.29, 0.717) is 5.88 Å². The van der Waals surface area contributed by atoms with Gasteiger partial charge in [-0.2, -0.15) is 4.98 Å². The van der Waals surface area contributed by atoms with Crippen LogP contribution >= 0.6 is 24.2 Å². The first kappa shape index (κ1) is 13.5. The van der Waals surface area contributed by atoms with E-state index in [2.05, 4.69) is 15.3 Å². The molecule has 6 heteroatoms. The molecule has 0 bridgehead atoms. The van der Waals surface area contributed by atoms with Gasteiger partial charge in [0.25, 0.3) is 0 Å². The Labute approximate surface area is 106 Å². The molecule has 1 atom stereocenters. The first-order valence-electron chi connectivity index (χ1n) is 5.13. The van der Waals surface area contributed by atoms with Crippen LogP contribution in [0.3, 0.4) is 0 Å². The first-order valence-corrected chi connectivity index (χ1v) is 6.35. The number of nitrogens with one attached hydrogen (secondary N) is 1. The van der Waals surface area contributed by atoms with Gasteiger partial charge < -0.3 is 10.1 Å². The third-order valence-electron chi connectivity index (χ3n) is 2.33. The lowest BCUT2D eigenvalue weighted by Gasteiger charge is -2.23. The van der Waals surface area contributed by atoms with E-state index in [1.165, 1.54) is 18.2 Å². The molecule has 2 heterocycles. The van der Waals surface area contributed by atoms with Crippen LogP contribution in [0.2, 0.25) is 0 Å². The topological polar surface area (TPSA) is 47.0 Å². The molecule has 2 rings (SSSR count). The summed E-state index contributed by atoms with van der Waals surface area (Å²) in [5.74, 6) is 0.683. The number of ether oxygens (including phenoxy) is 1. The Morgan fingerprint density at radius 3 is 3.12 bits per heavy atom. The second-order valence-corrected chi connectivity index (χ2v) is 4.24. The predicted octanol–water partition coefficient (Wildman–Crippen LogP) is 1.75. The van der Waals surface area contributed by atoms with Crippen molar-refractivity contribution in [3.05, 3.63) is 12.3 Å². The standard InChI is InChI=1S/C10H15N3OS.ClH/c1-15-10-12-6-4-9(13-10)14-8-3-2-5-11-7-8;/h4,6,8,11H,2-3,5,7H2,1H3;1H/t8-;/m1./s1. The fourth-order valence-corrected chi connectivity index (χ4v) is 1.93. The third-order valence-corrected chi connectivity index (χ3v) is 2.89. The van der Waals surface area contributed by atoms with Crippen LogP contribution in [0.15, 0.2) is 17.4 Å². The van der Waals surface area contributed by atoms with Crippen LogP contribution in [0.4, 0.5) is 0 Å². The Kier molecular flexibility index (Phi) is 5.87. The fourth-order valence-electron chi connectivity index (χ4n) is 1.58. The van der Waals surface area contributed by atoms with Crippen molar-refractivity contribution in [3.8, 4) is 5.88 Å². The number of piperidine rings is 1. The number of aromatic nitrogens is 2. The van der Waals surface area contributed by atoms with Gasteiger partial charge in [-0.05, 0) is 25.6 Å². The lowest BCUT2D eigenvalue weighted by molar-refractivity contribution is 0.159. The molecular weight excluding hydrogens is 246 g/mol. The molecule has 0 amide bonds. The molecule has 1 aromatic rings. The molecule has 16 heavy (non-hydrogen) atoms. The maximum absolute atomic E-state index is 5.77. The quantitative estimate of drug-likeness (QED) is 0.664. The fraction of sp³-hybridized carbons (Fsp3) is 0.600. The van der Waals surface area contributed by atoms with Crippen molar-refractivity contribution in [2.24, 2.45) is 0 Å². The Morgan fingerprint density at radius 1 is 1.56 bits per heavy atom. The lowest BCUT2D eigenvalue weighted by Crippen LogP contribution is -2.37. The van der Waals surface area contributed by atoms with Crippen molar-refractivity contribution in [1.82, 2.24) is 15.3 Å². The highest BCUT2D eigenvalue weighted by Gasteiger charge is 2.14. The number of rotatable bonds is 3. The van der Waals surface area contributed by atoms with Gasteiger partial charge in [-0.3, -0.25) is 0 Å². The zero-order valence-corrected chi connectivity index (χ0v) is 10.8. The maximum Gasteiger partial charge on any atom is 0.217 e. The number of nitrogens with zero attached hydrogens (tertiary/aromatic N) is 2. The Balaban J connectivity index is 0.00000128. The van der Waals surface area contributed by atoms with Gasteiger partial charge >= 0.3 is 0 Å². The van der Waals surface area contributed by atoms with E-state index in [4.69, 9.17) is 4.74 Å². The summed E-state index contributed by atoms with van der Waals surface area (Å²) in [4.78, 5) is 8.39. The molecule has 0 saturated carbocycles. The molecule has 90 valence electrons. The highest BCUT2D eigenvalue weighted by atomic mass is 35.5.